The largest absolute Gasteiger partial charge is 0.469 e. The summed E-state index contributed by atoms with van der Waals surface area (Å²) in [5.74, 6) is 0.975. The zero-order chi connectivity index (χ0) is 13.9. The molecule has 106 valence electrons. The Bertz CT molecular complexity index is 567. The number of nitrogens with one attached hydrogen (secondary N) is 1. The summed E-state index contributed by atoms with van der Waals surface area (Å²) in [5, 5.41) is 0. The van der Waals surface area contributed by atoms with Crippen molar-refractivity contribution in [2.75, 3.05) is 20.2 Å². The van der Waals surface area contributed by atoms with E-state index in [-0.39, 0.29) is 11.9 Å². The maximum Gasteiger partial charge on any atom is 0.308 e. The summed E-state index contributed by atoms with van der Waals surface area (Å²) in [6, 6.07) is 8.05. The van der Waals surface area contributed by atoms with Gasteiger partial charge in [0.2, 0.25) is 0 Å². The lowest BCUT2D eigenvalue weighted by molar-refractivity contribution is -0.147. The van der Waals surface area contributed by atoms with Crippen LogP contribution < -0.4 is 0 Å². The number of hydrogen-bond donors (Lipinski definition) is 1. The highest BCUT2D eigenvalue weighted by Gasteiger charge is 2.25. The van der Waals surface area contributed by atoms with Crippen LogP contribution in [0, 0.1) is 5.92 Å². The molecular formula is C15H19N3O2. The van der Waals surface area contributed by atoms with Crippen molar-refractivity contribution >= 4 is 17.0 Å². The third-order valence-corrected chi connectivity index (χ3v) is 3.93. The molecule has 0 saturated carbocycles. The van der Waals surface area contributed by atoms with Gasteiger partial charge in [-0.05, 0) is 38.1 Å². The van der Waals surface area contributed by atoms with E-state index in [2.05, 4.69) is 14.9 Å². The number of rotatable bonds is 3. The van der Waals surface area contributed by atoms with Crippen LogP contribution in [0.5, 0.6) is 0 Å². The second-order valence-electron chi connectivity index (χ2n) is 5.27. The molecule has 1 N–H and O–H groups in total. The Morgan fingerprint density at radius 3 is 2.85 bits per heavy atom. The lowest BCUT2D eigenvalue weighted by Gasteiger charge is -2.29. The van der Waals surface area contributed by atoms with E-state index in [4.69, 9.17) is 4.74 Å². The van der Waals surface area contributed by atoms with Gasteiger partial charge in [0.1, 0.15) is 5.82 Å². The highest BCUT2D eigenvalue weighted by molar-refractivity contribution is 5.74. The SMILES string of the molecule is COC(=O)C1CCN(Cc2nc3ccccc3[nH]2)CC1. The number of likely N-dealkylation sites (tertiary alicyclic amines) is 1. The number of piperidine rings is 1. The van der Waals surface area contributed by atoms with Crippen LogP contribution in [0.3, 0.4) is 0 Å². The maximum absolute atomic E-state index is 11.5. The van der Waals surface area contributed by atoms with Gasteiger partial charge in [-0.1, -0.05) is 12.1 Å². The predicted octanol–water partition coefficient (Wildman–Crippen LogP) is 1.95. The van der Waals surface area contributed by atoms with Crippen molar-refractivity contribution in [1.82, 2.24) is 14.9 Å². The van der Waals surface area contributed by atoms with Crippen molar-refractivity contribution in [3.8, 4) is 0 Å². The number of aromatic nitrogens is 2. The number of H-pyrrole nitrogens is 1. The first-order valence-corrected chi connectivity index (χ1v) is 7.00. The fourth-order valence-corrected chi connectivity index (χ4v) is 2.79. The number of ether oxygens (including phenoxy) is 1. The van der Waals surface area contributed by atoms with Crippen LogP contribution in [0.1, 0.15) is 18.7 Å². The Kier molecular flexibility index (Phi) is 3.69. The predicted molar refractivity (Wildman–Crippen MR) is 76.1 cm³/mol. The summed E-state index contributed by atoms with van der Waals surface area (Å²) < 4.78 is 4.81. The van der Waals surface area contributed by atoms with E-state index in [1.54, 1.807) is 0 Å². The van der Waals surface area contributed by atoms with Gasteiger partial charge in [-0.25, -0.2) is 4.98 Å². The molecule has 0 amide bonds. The third kappa shape index (κ3) is 2.67. The fraction of sp³-hybridized carbons (Fsp3) is 0.467. The second-order valence-corrected chi connectivity index (χ2v) is 5.27. The van der Waals surface area contributed by atoms with Crippen LogP contribution in [0.25, 0.3) is 11.0 Å². The normalized spacial score (nSPS) is 17.4. The Morgan fingerprint density at radius 2 is 2.15 bits per heavy atom. The van der Waals surface area contributed by atoms with Gasteiger partial charge in [0.15, 0.2) is 0 Å². The van der Waals surface area contributed by atoms with Gasteiger partial charge in [0, 0.05) is 0 Å². The van der Waals surface area contributed by atoms with Crippen molar-refractivity contribution in [3.05, 3.63) is 30.1 Å². The smallest absolute Gasteiger partial charge is 0.308 e. The summed E-state index contributed by atoms with van der Waals surface area (Å²) in [4.78, 5) is 21.8. The van der Waals surface area contributed by atoms with Gasteiger partial charge in [-0.2, -0.15) is 0 Å². The average Bonchev–Trinajstić information content (AvgIpc) is 2.89. The first-order chi connectivity index (χ1) is 9.76. The monoisotopic (exact) mass is 273 g/mol. The molecule has 1 aliphatic rings. The maximum atomic E-state index is 11.5. The number of nitrogens with zero attached hydrogens (tertiary/aromatic N) is 2. The zero-order valence-corrected chi connectivity index (χ0v) is 11.6. The number of carbonyl (C=O) groups is 1. The Balaban J connectivity index is 1.60. The van der Waals surface area contributed by atoms with Gasteiger partial charge in [0.05, 0.1) is 30.6 Å². The quantitative estimate of drug-likeness (QED) is 0.868. The minimum Gasteiger partial charge on any atom is -0.469 e. The van der Waals surface area contributed by atoms with Crippen LogP contribution in [-0.4, -0.2) is 41.0 Å². The number of para-hydroxylation sites is 2. The first-order valence-electron chi connectivity index (χ1n) is 7.00. The Morgan fingerprint density at radius 1 is 1.40 bits per heavy atom. The van der Waals surface area contributed by atoms with Gasteiger partial charge in [-0.3, -0.25) is 9.69 Å². The summed E-state index contributed by atoms with van der Waals surface area (Å²) in [6.07, 6.45) is 1.74. The molecule has 0 spiro atoms. The van der Waals surface area contributed by atoms with E-state index in [1.807, 2.05) is 24.3 Å². The van der Waals surface area contributed by atoms with Crippen LogP contribution >= 0.6 is 0 Å². The van der Waals surface area contributed by atoms with E-state index in [1.165, 1.54) is 7.11 Å². The molecule has 20 heavy (non-hydrogen) atoms. The molecule has 5 heteroatoms. The molecule has 1 aromatic heterocycles. The highest BCUT2D eigenvalue weighted by Crippen LogP contribution is 2.20. The second kappa shape index (κ2) is 5.63. The zero-order valence-electron chi connectivity index (χ0n) is 11.6. The number of aromatic amines is 1. The number of imidazole rings is 1. The number of methoxy groups -OCH3 is 1. The van der Waals surface area contributed by atoms with E-state index >= 15 is 0 Å². The van der Waals surface area contributed by atoms with Crippen LogP contribution in [-0.2, 0) is 16.1 Å². The molecule has 1 fully saturated rings. The van der Waals surface area contributed by atoms with Crippen molar-refractivity contribution in [2.24, 2.45) is 5.92 Å². The van der Waals surface area contributed by atoms with Crippen molar-refractivity contribution in [2.45, 2.75) is 19.4 Å². The first kappa shape index (κ1) is 13.1. The van der Waals surface area contributed by atoms with Crippen LogP contribution in [0.15, 0.2) is 24.3 Å². The molecule has 2 aromatic rings. The molecule has 3 rings (SSSR count). The molecule has 0 aliphatic carbocycles. The lowest BCUT2D eigenvalue weighted by Crippen LogP contribution is -2.36. The summed E-state index contributed by atoms with van der Waals surface area (Å²) in [5.41, 5.74) is 2.08. The van der Waals surface area contributed by atoms with E-state index < -0.39 is 0 Å². The standard InChI is InChI=1S/C15H19N3O2/c1-20-15(19)11-6-8-18(9-7-11)10-14-16-12-4-2-3-5-13(12)17-14/h2-5,11H,6-10H2,1H3,(H,16,17). The molecule has 0 bridgehead atoms. The van der Waals surface area contributed by atoms with Crippen molar-refractivity contribution in [1.29, 1.82) is 0 Å². The van der Waals surface area contributed by atoms with Gasteiger partial charge >= 0.3 is 5.97 Å². The number of esters is 1. The van der Waals surface area contributed by atoms with E-state index in [0.717, 1.165) is 49.3 Å². The molecule has 0 atom stereocenters. The topological polar surface area (TPSA) is 58.2 Å². The lowest BCUT2D eigenvalue weighted by atomic mass is 9.97. The van der Waals surface area contributed by atoms with Crippen molar-refractivity contribution in [3.63, 3.8) is 0 Å². The van der Waals surface area contributed by atoms with E-state index in [9.17, 15) is 4.79 Å². The van der Waals surface area contributed by atoms with Crippen LogP contribution in [0.4, 0.5) is 0 Å². The molecular weight excluding hydrogens is 254 g/mol. The van der Waals surface area contributed by atoms with Gasteiger partial charge < -0.3 is 9.72 Å². The van der Waals surface area contributed by atoms with Gasteiger partial charge in [-0.15, -0.1) is 0 Å². The molecule has 1 saturated heterocycles. The summed E-state index contributed by atoms with van der Waals surface area (Å²) in [6.45, 7) is 2.64. The number of carbonyl (C=O) groups excluding carboxylic acids is 1. The minimum atomic E-state index is -0.0756. The third-order valence-electron chi connectivity index (χ3n) is 3.93. The molecule has 5 nitrogen and oxygen atoms in total. The number of fused-ring (bicyclic) bond motifs is 1. The van der Waals surface area contributed by atoms with E-state index in [0.29, 0.717) is 0 Å². The van der Waals surface area contributed by atoms with Crippen LogP contribution in [0.2, 0.25) is 0 Å². The summed E-state index contributed by atoms with van der Waals surface area (Å²) in [7, 11) is 1.46. The fourth-order valence-electron chi connectivity index (χ4n) is 2.79. The Hall–Kier alpha value is -1.88. The highest BCUT2D eigenvalue weighted by atomic mass is 16.5. The molecule has 1 aliphatic heterocycles. The summed E-state index contributed by atoms with van der Waals surface area (Å²) >= 11 is 0. The van der Waals surface area contributed by atoms with Gasteiger partial charge in [0.25, 0.3) is 0 Å². The Labute approximate surface area is 117 Å². The van der Waals surface area contributed by atoms with Crippen molar-refractivity contribution < 1.29 is 9.53 Å². The molecule has 0 radical (unpaired) electrons. The molecule has 0 unspecified atom stereocenters. The number of benzene rings is 1. The number of hydrogen-bond acceptors (Lipinski definition) is 4. The molecule has 2 heterocycles. The molecule has 1 aromatic carbocycles. The average molecular weight is 273 g/mol. The minimum absolute atomic E-state index is 0.0620.